The molecule has 3 aromatic heterocycles. The van der Waals surface area contributed by atoms with Crippen molar-refractivity contribution in [2.24, 2.45) is 0 Å². The lowest BCUT2D eigenvalue weighted by atomic mass is 10.1. The Hall–Kier alpha value is -5.09. The Kier molecular flexibility index (Phi) is 6.16. The van der Waals surface area contributed by atoms with Crippen LogP contribution in [0.3, 0.4) is 0 Å². The van der Waals surface area contributed by atoms with Crippen molar-refractivity contribution in [1.82, 2.24) is 24.4 Å². The molecular weight excluding hydrogens is 538 g/mol. The topological polar surface area (TPSA) is 101 Å². The zero-order valence-corrected chi connectivity index (χ0v) is 22.8. The van der Waals surface area contributed by atoms with Crippen LogP contribution in [0.5, 0.6) is 11.5 Å². The van der Waals surface area contributed by atoms with Gasteiger partial charge in [-0.05, 0) is 48.9 Å². The third-order valence-electron chi connectivity index (χ3n) is 6.81. The van der Waals surface area contributed by atoms with Gasteiger partial charge in [-0.25, -0.2) is 4.68 Å². The molecular formula is C31H23N5O4S. The molecule has 0 amide bonds. The quantitative estimate of drug-likeness (QED) is 0.317. The van der Waals surface area contributed by atoms with Crippen LogP contribution in [0.2, 0.25) is 0 Å². The number of para-hydroxylation sites is 1. The number of hydrogen-bond acceptors (Lipinski definition) is 8. The second kappa shape index (κ2) is 10.1. The predicted molar refractivity (Wildman–Crippen MR) is 156 cm³/mol. The highest BCUT2D eigenvalue weighted by Gasteiger charge is 2.18. The Balaban J connectivity index is 1.35. The maximum atomic E-state index is 13.5. The molecule has 9 nitrogen and oxygen atoms in total. The number of ether oxygens (including phenoxy) is 2. The minimum Gasteiger partial charge on any atom is -0.486 e. The molecule has 4 heterocycles. The van der Waals surface area contributed by atoms with Gasteiger partial charge in [0.2, 0.25) is 4.96 Å². The molecule has 0 atom stereocenters. The van der Waals surface area contributed by atoms with Gasteiger partial charge in [-0.2, -0.15) is 19.7 Å². The number of aromatic nitrogens is 5. The van der Waals surface area contributed by atoms with Gasteiger partial charge >= 0.3 is 0 Å². The van der Waals surface area contributed by atoms with E-state index in [1.165, 1.54) is 4.52 Å². The van der Waals surface area contributed by atoms with E-state index in [1.54, 1.807) is 10.8 Å². The van der Waals surface area contributed by atoms with E-state index in [2.05, 4.69) is 10.1 Å². The number of rotatable bonds is 5. The molecule has 1 aliphatic rings. The number of nitrogens with zero attached hydrogens (tertiary/aromatic N) is 5. The summed E-state index contributed by atoms with van der Waals surface area (Å²) >= 11 is 1.12. The van der Waals surface area contributed by atoms with Gasteiger partial charge < -0.3 is 9.47 Å². The van der Waals surface area contributed by atoms with Crippen LogP contribution in [0.1, 0.15) is 22.4 Å². The van der Waals surface area contributed by atoms with Crippen molar-refractivity contribution in [3.05, 3.63) is 127 Å². The van der Waals surface area contributed by atoms with Crippen LogP contribution in [0.25, 0.3) is 28.0 Å². The predicted octanol–water partition coefficient (Wildman–Crippen LogP) is 3.58. The van der Waals surface area contributed by atoms with Crippen molar-refractivity contribution in [2.75, 3.05) is 13.2 Å². The molecule has 1 aliphatic heterocycles. The molecule has 0 fully saturated rings. The lowest BCUT2D eigenvalue weighted by molar-refractivity contribution is 0.171. The summed E-state index contributed by atoms with van der Waals surface area (Å²) in [7, 11) is 0. The third kappa shape index (κ3) is 4.78. The Morgan fingerprint density at radius 2 is 1.71 bits per heavy atom. The second-order valence-corrected chi connectivity index (χ2v) is 10.7. The van der Waals surface area contributed by atoms with Gasteiger partial charge in [0, 0.05) is 23.7 Å². The van der Waals surface area contributed by atoms with Gasteiger partial charge in [0.05, 0.1) is 10.2 Å². The van der Waals surface area contributed by atoms with Gasteiger partial charge in [-0.1, -0.05) is 59.4 Å². The summed E-state index contributed by atoms with van der Waals surface area (Å²) < 4.78 is 14.9. The van der Waals surface area contributed by atoms with E-state index >= 15 is 0 Å². The van der Waals surface area contributed by atoms with E-state index in [0.29, 0.717) is 41.4 Å². The molecule has 0 bridgehead atoms. The molecule has 6 aromatic rings. The van der Waals surface area contributed by atoms with Crippen LogP contribution in [0.15, 0.2) is 88.6 Å². The first-order valence-electron chi connectivity index (χ1n) is 13.1. The molecule has 41 heavy (non-hydrogen) atoms. The van der Waals surface area contributed by atoms with E-state index in [1.807, 2.05) is 85.9 Å². The highest BCUT2D eigenvalue weighted by molar-refractivity contribution is 7.15. The normalized spacial score (nSPS) is 13.1. The average Bonchev–Trinajstić information content (AvgIpc) is 3.55. The highest BCUT2D eigenvalue weighted by Crippen LogP contribution is 2.35. The minimum absolute atomic E-state index is 0.224. The Morgan fingerprint density at radius 1 is 0.927 bits per heavy atom. The maximum Gasteiger partial charge on any atom is 0.296 e. The van der Waals surface area contributed by atoms with Crippen molar-refractivity contribution in [3.63, 3.8) is 0 Å². The van der Waals surface area contributed by atoms with E-state index in [-0.39, 0.29) is 16.2 Å². The van der Waals surface area contributed by atoms with Gasteiger partial charge in [0.15, 0.2) is 11.5 Å². The summed E-state index contributed by atoms with van der Waals surface area (Å²) in [6.45, 7) is 2.98. The zero-order valence-electron chi connectivity index (χ0n) is 22.0. The van der Waals surface area contributed by atoms with Gasteiger partial charge in [-0.15, -0.1) is 0 Å². The van der Waals surface area contributed by atoms with Gasteiger partial charge in [0.25, 0.3) is 11.1 Å². The summed E-state index contributed by atoms with van der Waals surface area (Å²) in [4.78, 5) is 30.7. The van der Waals surface area contributed by atoms with E-state index < -0.39 is 5.56 Å². The van der Waals surface area contributed by atoms with Crippen molar-refractivity contribution in [2.45, 2.75) is 13.3 Å². The summed E-state index contributed by atoms with van der Waals surface area (Å²) in [6, 6.07) is 23.3. The minimum atomic E-state index is -0.438. The molecule has 0 spiro atoms. The van der Waals surface area contributed by atoms with E-state index in [9.17, 15) is 9.59 Å². The lowest BCUT2D eigenvalue weighted by Crippen LogP contribution is -2.28. The van der Waals surface area contributed by atoms with Crippen LogP contribution >= 0.6 is 11.3 Å². The van der Waals surface area contributed by atoms with Crippen molar-refractivity contribution < 1.29 is 9.47 Å². The number of aryl methyl sites for hydroxylation is 1. The molecule has 0 saturated heterocycles. The molecule has 7 rings (SSSR count). The highest BCUT2D eigenvalue weighted by atomic mass is 32.1. The summed E-state index contributed by atoms with van der Waals surface area (Å²) in [5.74, 6) is 1.33. The smallest absolute Gasteiger partial charge is 0.296 e. The van der Waals surface area contributed by atoms with Crippen molar-refractivity contribution in [3.8, 4) is 28.4 Å². The summed E-state index contributed by atoms with van der Waals surface area (Å²) in [6.07, 6.45) is 3.94. The van der Waals surface area contributed by atoms with Crippen LogP contribution in [0, 0.1) is 6.92 Å². The number of fused-ring (bicyclic) bond motifs is 2. The van der Waals surface area contributed by atoms with Crippen LogP contribution < -0.4 is 25.1 Å². The van der Waals surface area contributed by atoms with Crippen LogP contribution in [0.4, 0.5) is 0 Å². The second-order valence-electron chi connectivity index (χ2n) is 9.71. The van der Waals surface area contributed by atoms with Crippen molar-refractivity contribution in [1.29, 1.82) is 0 Å². The zero-order chi connectivity index (χ0) is 27.9. The molecule has 3 aromatic carbocycles. The summed E-state index contributed by atoms with van der Waals surface area (Å²) in [5, 5.41) is 9.27. The molecule has 0 N–H and O–H groups in total. The maximum absolute atomic E-state index is 13.5. The van der Waals surface area contributed by atoms with Crippen LogP contribution in [-0.2, 0) is 6.42 Å². The van der Waals surface area contributed by atoms with Crippen LogP contribution in [-0.4, -0.2) is 37.6 Å². The summed E-state index contributed by atoms with van der Waals surface area (Å²) in [5.41, 5.74) is 4.56. The SMILES string of the molecule is Cc1ccc(Cc2nn3c(=O)c(=Cc4cn(-c5ccccc5)nc4-c4ccc5c(c4)OCCO5)sc3nc2=O)cc1. The van der Waals surface area contributed by atoms with E-state index in [0.717, 1.165) is 39.3 Å². The molecule has 0 saturated carbocycles. The molecule has 0 radical (unpaired) electrons. The van der Waals surface area contributed by atoms with Gasteiger partial charge in [-0.3, -0.25) is 9.59 Å². The first kappa shape index (κ1) is 24.9. The fourth-order valence-electron chi connectivity index (χ4n) is 4.71. The average molecular weight is 562 g/mol. The largest absolute Gasteiger partial charge is 0.486 e. The number of benzene rings is 3. The van der Waals surface area contributed by atoms with Gasteiger partial charge in [0.1, 0.15) is 24.6 Å². The first-order valence-corrected chi connectivity index (χ1v) is 13.9. The Morgan fingerprint density at radius 3 is 2.51 bits per heavy atom. The Bertz CT molecular complexity index is 2080. The molecule has 202 valence electrons. The number of hydrogen-bond donors (Lipinski definition) is 0. The van der Waals surface area contributed by atoms with E-state index in [4.69, 9.17) is 14.6 Å². The lowest BCUT2D eigenvalue weighted by Gasteiger charge is -2.18. The fraction of sp³-hybridized carbons (Fsp3) is 0.129. The Labute approximate surface area is 237 Å². The third-order valence-corrected chi connectivity index (χ3v) is 7.77. The van der Waals surface area contributed by atoms with Crippen molar-refractivity contribution >= 4 is 22.4 Å². The standard InChI is InChI=1S/C31H23N5O4S/c1-19-7-9-20(10-8-19)15-24-29(37)32-31-36(33-24)30(38)27(41-31)17-22-18-35(23-5-3-2-4-6-23)34-28(22)21-11-12-25-26(16-21)40-14-13-39-25/h2-12,16-18H,13-15H2,1H3. The number of thiazole rings is 1. The molecule has 0 aliphatic carbocycles. The fourth-order valence-corrected chi connectivity index (χ4v) is 5.61. The first-order chi connectivity index (χ1) is 20.0. The molecule has 10 heteroatoms. The molecule has 0 unspecified atom stereocenters. The monoisotopic (exact) mass is 561 g/mol.